The van der Waals surface area contributed by atoms with E-state index in [0.717, 1.165) is 17.1 Å². The molecule has 12 aromatic carbocycles. The van der Waals surface area contributed by atoms with Gasteiger partial charge in [0.15, 0.2) is 0 Å². The van der Waals surface area contributed by atoms with Crippen LogP contribution in [0.3, 0.4) is 0 Å². The van der Waals surface area contributed by atoms with Crippen LogP contribution in [0.1, 0.15) is 66.8 Å². The number of nitrogens with zero attached hydrogens (tertiary/aromatic N) is 1. The van der Waals surface area contributed by atoms with Gasteiger partial charge in [0.2, 0.25) is 0 Å². The fraction of sp³-hybridized carbons (Fsp3) is 0.0400. The van der Waals surface area contributed by atoms with E-state index in [9.17, 15) is 0 Å². The molecule has 0 aliphatic heterocycles. The number of rotatable bonds is 9. The maximum atomic E-state index is 2.52. The summed E-state index contributed by atoms with van der Waals surface area (Å²) in [5.74, 6) is 0. The van der Waals surface area contributed by atoms with E-state index in [4.69, 9.17) is 0 Å². The van der Waals surface area contributed by atoms with Gasteiger partial charge in [0, 0.05) is 17.1 Å². The van der Waals surface area contributed by atoms with E-state index in [0.29, 0.717) is 0 Å². The maximum absolute atomic E-state index is 2.52. The van der Waals surface area contributed by atoms with Crippen molar-refractivity contribution in [2.75, 3.05) is 4.90 Å². The minimum Gasteiger partial charge on any atom is -0.310 e. The molecule has 0 amide bonds. The molecular formula is C75H51N. The van der Waals surface area contributed by atoms with E-state index in [1.807, 2.05) is 0 Å². The van der Waals surface area contributed by atoms with Gasteiger partial charge in [-0.05, 0) is 137 Å². The zero-order chi connectivity index (χ0) is 50.3. The molecule has 76 heavy (non-hydrogen) atoms. The molecule has 0 N–H and O–H groups in total. The lowest BCUT2D eigenvalue weighted by atomic mass is 9.67. The number of fused-ring (bicyclic) bond motifs is 9. The first kappa shape index (κ1) is 44.0. The van der Waals surface area contributed by atoms with Gasteiger partial charge >= 0.3 is 0 Å². The molecule has 0 saturated heterocycles. The number of anilines is 3. The standard InChI is InChI=1S/C75H51N/c1-7-25-52(26-8-1)73(53-27-9-2-10-28-53)67-40-22-19-37-61(67)64-49-58(43-46-70(64)73)76(59-44-47-71-65(50-59)62-38-20-23-41-68(62)74(71,54-29-11-3-12-30-54)55-31-13-4-14-32-55)60-45-48-72-66(51-60)63-39-21-24-42-69(63)75(72,56-33-15-5-16-34-56)57-35-17-6-18-36-57/h1-51H. The van der Waals surface area contributed by atoms with E-state index < -0.39 is 16.2 Å². The number of hydrogen-bond donors (Lipinski definition) is 0. The highest BCUT2D eigenvalue weighted by Crippen LogP contribution is 2.61. The fourth-order valence-corrected chi connectivity index (χ4v) is 14.2. The molecular weight excluding hydrogens is 915 g/mol. The van der Waals surface area contributed by atoms with Crippen LogP contribution in [-0.2, 0) is 16.2 Å². The number of benzene rings is 12. The summed E-state index contributed by atoms with van der Waals surface area (Å²) in [7, 11) is 0. The largest absolute Gasteiger partial charge is 0.310 e. The first-order valence-corrected chi connectivity index (χ1v) is 26.6. The average Bonchev–Trinajstić information content (AvgIpc) is 4.12. The van der Waals surface area contributed by atoms with Crippen molar-refractivity contribution >= 4 is 17.1 Å². The second-order valence-corrected chi connectivity index (χ2v) is 20.6. The third-order valence-electron chi connectivity index (χ3n) is 17.1. The van der Waals surface area contributed by atoms with E-state index in [1.54, 1.807) is 0 Å². The van der Waals surface area contributed by atoms with Crippen molar-refractivity contribution in [1.29, 1.82) is 0 Å². The molecule has 0 heterocycles. The molecule has 0 spiro atoms. The molecule has 15 rings (SSSR count). The average molecular weight is 966 g/mol. The van der Waals surface area contributed by atoms with Gasteiger partial charge in [0.1, 0.15) is 0 Å². The summed E-state index contributed by atoms with van der Waals surface area (Å²) in [5, 5.41) is 0. The summed E-state index contributed by atoms with van der Waals surface area (Å²) in [5.41, 5.74) is 24.5. The smallest absolute Gasteiger partial charge is 0.0713 e. The van der Waals surface area contributed by atoms with Crippen molar-refractivity contribution in [2.24, 2.45) is 0 Å². The van der Waals surface area contributed by atoms with Crippen LogP contribution in [0.15, 0.2) is 309 Å². The molecule has 12 aromatic rings. The number of hydrogen-bond acceptors (Lipinski definition) is 1. The van der Waals surface area contributed by atoms with Gasteiger partial charge in [-0.15, -0.1) is 0 Å². The van der Waals surface area contributed by atoms with Crippen LogP contribution >= 0.6 is 0 Å². The Kier molecular flexibility index (Phi) is 9.99. The minimum atomic E-state index is -0.511. The van der Waals surface area contributed by atoms with Gasteiger partial charge in [0.05, 0.1) is 16.2 Å². The highest BCUT2D eigenvalue weighted by molar-refractivity contribution is 5.95. The first-order valence-electron chi connectivity index (χ1n) is 26.6. The summed E-state index contributed by atoms with van der Waals surface area (Å²) >= 11 is 0. The van der Waals surface area contributed by atoms with Gasteiger partial charge in [-0.1, -0.05) is 273 Å². The van der Waals surface area contributed by atoms with E-state index >= 15 is 0 Å². The second-order valence-electron chi connectivity index (χ2n) is 20.6. The van der Waals surface area contributed by atoms with Crippen LogP contribution < -0.4 is 4.90 Å². The Labute approximate surface area is 445 Å². The summed E-state index contributed by atoms with van der Waals surface area (Å²) in [6.45, 7) is 0. The molecule has 3 aliphatic carbocycles. The SMILES string of the molecule is c1ccc(C2(c3ccccc3)c3ccccc3-c3cc(N(c4ccc5c(c4)-c4ccccc4C5(c4ccccc4)c4ccccc4)c4ccc5c(c4)-c4ccccc4C5(c4ccccc4)c4ccccc4)ccc32)cc1. The third-order valence-corrected chi connectivity index (χ3v) is 17.1. The van der Waals surface area contributed by atoms with Crippen molar-refractivity contribution < 1.29 is 0 Å². The summed E-state index contributed by atoms with van der Waals surface area (Å²) in [6.07, 6.45) is 0. The van der Waals surface area contributed by atoms with E-state index in [2.05, 4.69) is 314 Å². The van der Waals surface area contributed by atoms with Crippen molar-refractivity contribution in [2.45, 2.75) is 16.2 Å². The van der Waals surface area contributed by atoms with Crippen LogP contribution in [0.2, 0.25) is 0 Å². The van der Waals surface area contributed by atoms with Gasteiger partial charge < -0.3 is 4.90 Å². The Morgan fingerprint density at radius 3 is 0.605 bits per heavy atom. The topological polar surface area (TPSA) is 3.24 Å². The molecule has 0 saturated carbocycles. The lowest BCUT2D eigenvalue weighted by Gasteiger charge is -2.35. The Morgan fingerprint density at radius 2 is 0.368 bits per heavy atom. The van der Waals surface area contributed by atoms with Crippen LogP contribution in [-0.4, -0.2) is 0 Å². The molecule has 3 aliphatic rings. The zero-order valence-corrected chi connectivity index (χ0v) is 41.9. The third kappa shape index (κ3) is 6.09. The minimum absolute atomic E-state index is 0.511. The van der Waals surface area contributed by atoms with Gasteiger partial charge in [-0.2, -0.15) is 0 Å². The van der Waals surface area contributed by atoms with Gasteiger partial charge in [-0.25, -0.2) is 0 Å². The molecule has 0 aromatic heterocycles. The predicted octanol–water partition coefficient (Wildman–Crippen LogP) is 18.2. The Hall–Kier alpha value is -9.56. The van der Waals surface area contributed by atoms with Gasteiger partial charge in [0.25, 0.3) is 0 Å². The Balaban J connectivity index is 1.00. The maximum Gasteiger partial charge on any atom is 0.0713 e. The van der Waals surface area contributed by atoms with Crippen LogP contribution in [0.25, 0.3) is 33.4 Å². The second kappa shape index (κ2) is 17.3. The van der Waals surface area contributed by atoms with Crippen molar-refractivity contribution in [1.82, 2.24) is 0 Å². The normalized spacial score (nSPS) is 14.4. The predicted molar refractivity (Wildman–Crippen MR) is 313 cm³/mol. The monoisotopic (exact) mass is 965 g/mol. The van der Waals surface area contributed by atoms with Crippen LogP contribution in [0.4, 0.5) is 17.1 Å². The van der Waals surface area contributed by atoms with Crippen molar-refractivity contribution in [3.8, 4) is 33.4 Å². The first-order chi connectivity index (χ1) is 37.7. The summed E-state index contributed by atoms with van der Waals surface area (Å²) in [4.78, 5) is 2.52. The van der Waals surface area contributed by atoms with Crippen molar-refractivity contribution in [3.63, 3.8) is 0 Å². The summed E-state index contributed by atoms with van der Waals surface area (Å²) < 4.78 is 0. The fourth-order valence-electron chi connectivity index (χ4n) is 14.2. The summed E-state index contributed by atoms with van der Waals surface area (Å²) in [6, 6.07) is 116. The van der Waals surface area contributed by atoms with Crippen LogP contribution in [0, 0.1) is 0 Å². The van der Waals surface area contributed by atoms with E-state index in [-0.39, 0.29) is 0 Å². The van der Waals surface area contributed by atoms with Gasteiger partial charge in [-0.3, -0.25) is 0 Å². The molecule has 0 unspecified atom stereocenters. The highest BCUT2D eigenvalue weighted by atomic mass is 15.1. The van der Waals surface area contributed by atoms with Crippen molar-refractivity contribution in [3.05, 3.63) is 376 Å². The Bertz CT molecular complexity index is 3600. The molecule has 0 atom stereocenters. The van der Waals surface area contributed by atoms with Crippen LogP contribution in [0.5, 0.6) is 0 Å². The van der Waals surface area contributed by atoms with E-state index in [1.165, 1.54) is 100 Å². The molecule has 356 valence electrons. The molecule has 1 heteroatoms. The molecule has 1 nitrogen and oxygen atoms in total. The lowest BCUT2D eigenvalue weighted by Crippen LogP contribution is -2.28. The Morgan fingerprint density at radius 1 is 0.171 bits per heavy atom. The molecule has 0 fully saturated rings. The highest BCUT2D eigenvalue weighted by Gasteiger charge is 2.49. The molecule has 0 bridgehead atoms. The molecule has 0 radical (unpaired) electrons. The quantitative estimate of drug-likeness (QED) is 0.139. The lowest BCUT2D eigenvalue weighted by molar-refractivity contribution is 0.768. The zero-order valence-electron chi connectivity index (χ0n) is 41.9.